The lowest BCUT2D eigenvalue weighted by atomic mass is 10.1. The molecule has 7 heteroatoms. The number of carbonyl (C=O) groups is 2. The number of amides is 1. The van der Waals surface area contributed by atoms with E-state index < -0.39 is 11.9 Å². The largest absolute Gasteiger partial charge is 0.486 e. The van der Waals surface area contributed by atoms with Crippen LogP contribution in [0.2, 0.25) is 0 Å². The number of carboxylic acids is 1. The van der Waals surface area contributed by atoms with Crippen LogP contribution in [0.25, 0.3) is 10.4 Å². The van der Waals surface area contributed by atoms with Crippen molar-refractivity contribution < 1.29 is 24.2 Å². The van der Waals surface area contributed by atoms with Crippen molar-refractivity contribution in [1.29, 1.82) is 0 Å². The number of hydrogen-bond donors (Lipinski definition) is 1. The number of rotatable bonds is 3. The van der Waals surface area contributed by atoms with Crippen LogP contribution in [-0.4, -0.2) is 48.2 Å². The highest BCUT2D eigenvalue weighted by molar-refractivity contribution is 7.17. The van der Waals surface area contributed by atoms with Gasteiger partial charge in [0.25, 0.3) is 5.91 Å². The van der Waals surface area contributed by atoms with Crippen molar-refractivity contribution in [2.45, 2.75) is 6.42 Å². The Morgan fingerprint density at radius 1 is 1.12 bits per heavy atom. The van der Waals surface area contributed by atoms with E-state index in [-0.39, 0.29) is 12.5 Å². The molecule has 0 spiro atoms. The molecule has 0 unspecified atom stereocenters. The van der Waals surface area contributed by atoms with E-state index in [0.29, 0.717) is 36.8 Å². The van der Waals surface area contributed by atoms with Gasteiger partial charge in [0.15, 0.2) is 11.5 Å². The first-order valence-electron chi connectivity index (χ1n) is 8.14. The number of fused-ring (bicyclic) bond motifs is 1. The molecule has 2 aliphatic heterocycles. The lowest BCUT2D eigenvalue weighted by Crippen LogP contribution is -2.29. The molecule has 3 heterocycles. The number of ether oxygens (including phenoxy) is 2. The van der Waals surface area contributed by atoms with Gasteiger partial charge in [-0.25, -0.2) is 0 Å². The average molecular weight is 359 g/mol. The summed E-state index contributed by atoms with van der Waals surface area (Å²) in [6.07, 6.45) is 0.515. The van der Waals surface area contributed by atoms with Gasteiger partial charge in [-0.1, -0.05) is 0 Å². The monoisotopic (exact) mass is 359 g/mol. The number of aliphatic carboxylic acids is 1. The maximum atomic E-state index is 12.6. The van der Waals surface area contributed by atoms with E-state index in [4.69, 9.17) is 14.6 Å². The Hall–Kier alpha value is -2.54. The molecule has 2 aliphatic rings. The van der Waals surface area contributed by atoms with Crippen molar-refractivity contribution in [3.8, 4) is 21.9 Å². The molecule has 0 bridgehead atoms. The van der Waals surface area contributed by atoms with Crippen molar-refractivity contribution in [1.82, 2.24) is 4.90 Å². The molecular weight excluding hydrogens is 342 g/mol. The molecule has 0 radical (unpaired) electrons. The highest BCUT2D eigenvalue weighted by Crippen LogP contribution is 2.37. The van der Waals surface area contributed by atoms with Gasteiger partial charge in [-0.05, 0) is 42.3 Å². The van der Waals surface area contributed by atoms with E-state index in [1.54, 1.807) is 11.0 Å². The third-order valence-electron chi connectivity index (χ3n) is 4.47. The molecule has 0 aliphatic carbocycles. The van der Waals surface area contributed by atoms with Gasteiger partial charge in [0.2, 0.25) is 0 Å². The van der Waals surface area contributed by atoms with Crippen LogP contribution in [0.1, 0.15) is 16.1 Å². The van der Waals surface area contributed by atoms with Gasteiger partial charge in [0, 0.05) is 18.0 Å². The summed E-state index contributed by atoms with van der Waals surface area (Å²) in [5, 5.41) is 9.08. The molecule has 4 rings (SSSR count). The minimum atomic E-state index is -0.835. The van der Waals surface area contributed by atoms with E-state index in [1.165, 1.54) is 11.3 Å². The van der Waals surface area contributed by atoms with Gasteiger partial charge in [-0.2, -0.15) is 0 Å². The number of nitrogens with zero attached hydrogens (tertiary/aromatic N) is 1. The molecule has 6 nitrogen and oxygen atoms in total. The lowest BCUT2D eigenvalue weighted by molar-refractivity contribution is -0.141. The molecule has 25 heavy (non-hydrogen) atoms. The number of likely N-dealkylation sites (tertiary alicyclic amines) is 1. The zero-order chi connectivity index (χ0) is 17.4. The summed E-state index contributed by atoms with van der Waals surface area (Å²) in [6, 6.07) is 9.46. The molecule has 1 atom stereocenters. The second-order valence-electron chi connectivity index (χ2n) is 6.10. The molecule has 1 fully saturated rings. The number of carboxylic acid groups (broad SMARTS) is 1. The molecule has 1 amide bonds. The minimum absolute atomic E-state index is 0.0995. The predicted molar refractivity (Wildman–Crippen MR) is 92.4 cm³/mol. The topological polar surface area (TPSA) is 76.1 Å². The first-order valence-corrected chi connectivity index (χ1v) is 8.95. The third-order valence-corrected chi connectivity index (χ3v) is 5.59. The zero-order valence-corrected chi connectivity index (χ0v) is 14.3. The van der Waals surface area contributed by atoms with Crippen molar-refractivity contribution in [3.05, 3.63) is 35.2 Å². The number of carbonyl (C=O) groups excluding carboxylic acids is 1. The molecule has 0 saturated carbocycles. The quantitative estimate of drug-likeness (QED) is 0.912. The Kier molecular flexibility index (Phi) is 4.09. The number of benzene rings is 1. The van der Waals surface area contributed by atoms with Crippen LogP contribution in [0.15, 0.2) is 30.3 Å². The van der Waals surface area contributed by atoms with E-state index in [1.807, 2.05) is 24.3 Å². The molecule has 1 aromatic carbocycles. The summed E-state index contributed by atoms with van der Waals surface area (Å²) in [5.74, 6) is 0.0608. The normalized spacial score (nSPS) is 19.0. The average Bonchev–Trinajstić information content (AvgIpc) is 3.30. The Bertz CT molecular complexity index is 831. The molecule has 130 valence electrons. The van der Waals surface area contributed by atoms with E-state index in [9.17, 15) is 9.59 Å². The SMILES string of the molecule is O=C(O)[C@H]1CCN(C(=O)c2ccc(-c3ccc4c(c3)OCCO4)s2)C1. The summed E-state index contributed by atoms with van der Waals surface area (Å²) in [6.45, 7) is 1.86. The highest BCUT2D eigenvalue weighted by Gasteiger charge is 2.31. The second-order valence-corrected chi connectivity index (χ2v) is 7.18. The van der Waals surface area contributed by atoms with Crippen molar-refractivity contribution in [2.75, 3.05) is 26.3 Å². The Labute approximate surface area is 148 Å². The fourth-order valence-electron chi connectivity index (χ4n) is 3.11. The van der Waals surface area contributed by atoms with Crippen LogP contribution >= 0.6 is 11.3 Å². The van der Waals surface area contributed by atoms with Crippen LogP contribution in [0.4, 0.5) is 0 Å². The number of thiophene rings is 1. The third kappa shape index (κ3) is 3.07. The molecule has 2 aromatic rings. The molecule has 1 aromatic heterocycles. The van der Waals surface area contributed by atoms with Gasteiger partial charge < -0.3 is 19.5 Å². The Morgan fingerprint density at radius 3 is 2.68 bits per heavy atom. The van der Waals surface area contributed by atoms with Crippen molar-refractivity contribution in [3.63, 3.8) is 0 Å². The summed E-state index contributed by atoms with van der Waals surface area (Å²) < 4.78 is 11.1. The van der Waals surface area contributed by atoms with Gasteiger partial charge in [0.05, 0.1) is 10.8 Å². The standard InChI is InChI=1S/C18H17NO5S/c20-17(19-6-5-12(10-19)18(21)22)16-4-3-15(25-16)11-1-2-13-14(9-11)24-8-7-23-13/h1-4,9,12H,5-8,10H2,(H,21,22)/t12-/m0/s1. The van der Waals surface area contributed by atoms with E-state index >= 15 is 0 Å². The van der Waals surface area contributed by atoms with E-state index in [0.717, 1.165) is 16.2 Å². The van der Waals surface area contributed by atoms with E-state index in [2.05, 4.69) is 0 Å². The fraction of sp³-hybridized carbons (Fsp3) is 0.333. The number of hydrogen-bond acceptors (Lipinski definition) is 5. The summed E-state index contributed by atoms with van der Waals surface area (Å²) in [5.41, 5.74) is 0.970. The first-order chi connectivity index (χ1) is 12.1. The van der Waals surface area contributed by atoms with Crippen molar-refractivity contribution >= 4 is 23.2 Å². The first kappa shape index (κ1) is 16.0. The maximum Gasteiger partial charge on any atom is 0.308 e. The minimum Gasteiger partial charge on any atom is -0.486 e. The van der Waals surface area contributed by atoms with Crippen LogP contribution in [0.5, 0.6) is 11.5 Å². The fourth-order valence-corrected chi connectivity index (χ4v) is 4.08. The van der Waals surface area contributed by atoms with Gasteiger partial charge in [-0.15, -0.1) is 11.3 Å². The molecular formula is C18H17NO5S. The van der Waals surface area contributed by atoms with Gasteiger partial charge in [0.1, 0.15) is 13.2 Å². The van der Waals surface area contributed by atoms with Crippen molar-refractivity contribution in [2.24, 2.45) is 5.92 Å². The molecule has 1 saturated heterocycles. The predicted octanol–water partition coefficient (Wildman–Crippen LogP) is 2.73. The highest BCUT2D eigenvalue weighted by atomic mass is 32.1. The second kappa shape index (κ2) is 6.40. The maximum absolute atomic E-state index is 12.6. The summed E-state index contributed by atoms with van der Waals surface area (Å²) in [7, 11) is 0. The Balaban J connectivity index is 1.52. The van der Waals surface area contributed by atoms with Crippen LogP contribution in [0, 0.1) is 5.92 Å². The van der Waals surface area contributed by atoms with Gasteiger partial charge >= 0.3 is 5.97 Å². The summed E-state index contributed by atoms with van der Waals surface area (Å²) in [4.78, 5) is 26.9. The van der Waals surface area contributed by atoms with Crippen LogP contribution in [0.3, 0.4) is 0 Å². The zero-order valence-electron chi connectivity index (χ0n) is 13.4. The Morgan fingerprint density at radius 2 is 1.92 bits per heavy atom. The summed E-state index contributed by atoms with van der Waals surface area (Å²) >= 11 is 1.41. The molecule has 1 N–H and O–H groups in total. The van der Waals surface area contributed by atoms with Crippen LogP contribution in [-0.2, 0) is 4.79 Å². The van der Waals surface area contributed by atoms with Crippen LogP contribution < -0.4 is 9.47 Å². The smallest absolute Gasteiger partial charge is 0.308 e. The van der Waals surface area contributed by atoms with Gasteiger partial charge in [-0.3, -0.25) is 9.59 Å². The lowest BCUT2D eigenvalue weighted by Gasteiger charge is -2.18.